The number of aliphatic carboxylic acids is 1. The van der Waals surface area contributed by atoms with Crippen molar-refractivity contribution < 1.29 is 19.4 Å². The Hall–Kier alpha value is -1.52. The van der Waals surface area contributed by atoms with Gasteiger partial charge in [0.2, 0.25) is 0 Å². The summed E-state index contributed by atoms with van der Waals surface area (Å²) in [5.41, 5.74) is 0.544. The van der Waals surface area contributed by atoms with Gasteiger partial charge >= 0.3 is 5.97 Å². The van der Waals surface area contributed by atoms with Crippen LogP contribution in [0.15, 0.2) is 24.3 Å². The average Bonchev–Trinajstić information content (AvgIpc) is 2.75. The molecule has 0 spiro atoms. The van der Waals surface area contributed by atoms with Crippen molar-refractivity contribution >= 4 is 23.6 Å². The zero-order valence-electron chi connectivity index (χ0n) is 12.1. The maximum Gasteiger partial charge on any atom is 0.328 e. The minimum absolute atomic E-state index is 0.0620. The fourth-order valence-electron chi connectivity index (χ4n) is 2.32. The molecule has 0 aliphatic carbocycles. The van der Waals surface area contributed by atoms with Crippen LogP contribution in [0, 0.1) is 0 Å². The van der Waals surface area contributed by atoms with Gasteiger partial charge in [0.25, 0.3) is 0 Å². The summed E-state index contributed by atoms with van der Waals surface area (Å²) in [5, 5.41) is 9.25. The number of ether oxygens (including phenoxy) is 2. The first-order valence-electron chi connectivity index (χ1n) is 6.87. The number of hydrogen-bond donors (Lipinski definition) is 1. The molecule has 1 fully saturated rings. The largest absolute Gasteiger partial charge is 0.490 e. The summed E-state index contributed by atoms with van der Waals surface area (Å²) in [5.74, 6) is -0.410. The second-order valence-electron chi connectivity index (χ2n) is 5.70. The molecule has 114 valence electrons. The summed E-state index contributed by atoms with van der Waals surface area (Å²) in [7, 11) is 0. The van der Waals surface area contributed by atoms with Gasteiger partial charge in [0.15, 0.2) is 0 Å². The summed E-state index contributed by atoms with van der Waals surface area (Å²) in [6.45, 7) is 4.58. The third kappa shape index (κ3) is 4.76. The number of benzene rings is 1. The Morgan fingerprint density at radius 2 is 2.33 bits per heavy atom. The van der Waals surface area contributed by atoms with E-state index in [0.29, 0.717) is 22.9 Å². The monoisotopic (exact) mass is 310 g/mol. The molecule has 0 amide bonds. The first-order chi connectivity index (χ1) is 9.85. The predicted octanol–water partition coefficient (Wildman–Crippen LogP) is 3.77. The van der Waals surface area contributed by atoms with E-state index in [0.717, 1.165) is 18.9 Å². The molecule has 1 heterocycles. The van der Waals surface area contributed by atoms with Crippen LogP contribution in [-0.2, 0) is 9.53 Å². The Bertz CT molecular complexity index is 551. The lowest BCUT2D eigenvalue weighted by Gasteiger charge is -2.19. The molecule has 2 rings (SSSR count). The zero-order valence-corrected chi connectivity index (χ0v) is 12.9. The summed E-state index contributed by atoms with van der Waals surface area (Å²) in [4.78, 5) is 10.6. The summed E-state index contributed by atoms with van der Waals surface area (Å²) in [6, 6.07) is 5.13. The van der Waals surface area contributed by atoms with Gasteiger partial charge in [0.1, 0.15) is 12.4 Å². The van der Waals surface area contributed by atoms with E-state index in [2.05, 4.69) is 13.8 Å². The lowest BCUT2D eigenvalue weighted by atomic mass is 10.1. The number of halogens is 1. The van der Waals surface area contributed by atoms with Crippen LogP contribution in [0.2, 0.25) is 5.02 Å². The quantitative estimate of drug-likeness (QED) is 0.841. The molecular weight excluding hydrogens is 292 g/mol. The highest BCUT2D eigenvalue weighted by Gasteiger charge is 2.31. The molecule has 21 heavy (non-hydrogen) atoms. The molecule has 1 atom stereocenters. The Balaban J connectivity index is 2.04. The highest BCUT2D eigenvalue weighted by Crippen LogP contribution is 2.30. The van der Waals surface area contributed by atoms with Crippen LogP contribution in [0.5, 0.6) is 5.75 Å². The molecule has 0 bridgehead atoms. The SMILES string of the molecule is CC1(C)CCC(COc2ccc(Cl)cc2/C=C/C(=O)O)O1. The van der Waals surface area contributed by atoms with Gasteiger partial charge in [-0.25, -0.2) is 4.79 Å². The van der Waals surface area contributed by atoms with E-state index in [9.17, 15) is 4.79 Å². The highest BCUT2D eigenvalue weighted by atomic mass is 35.5. The third-order valence-electron chi connectivity index (χ3n) is 3.36. The van der Waals surface area contributed by atoms with Crippen LogP contribution < -0.4 is 4.74 Å². The number of rotatable bonds is 5. The second kappa shape index (κ2) is 6.50. The first kappa shape index (κ1) is 15.9. The Labute approximate surface area is 129 Å². The maximum atomic E-state index is 10.6. The first-order valence-corrected chi connectivity index (χ1v) is 7.25. The van der Waals surface area contributed by atoms with Gasteiger partial charge in [0.05, 0.1) is 11.7 Å². The number of carboxylic acid groups (broad SMARTS) is 1. The standard InChI is InChI=1S/C16H19ClO4/c1-16(2)8-7-13(21-16)10-20-14-5-4-12(17)9-11(14)3-6-15(18)19/h3-6,9,13H,7-8,10H2,1-2H3,(H,18,19)/b6-3+. The molecule has 1 N–H and O–H groups in total. The minimum Gasteiger partial charge on any atom is -0.490 e. The van der Waals surface area contributed by atoms with Crippen LogP contribution in [-0.4, -0.2) is 29.4 Å². The van der Waals surface area contributed by atoms with E-state index < -0.39 is 5.97 Å². The summed E-state index contributed by atoms with van der Waals surface area (Å²) >= 11 is 5.94. The van der Waals surface area contributed by atoms with Crippen molar-refractivity contribution in [3.63, 3.8) is 0 Å². The molecule has 1 unspecified atom stereocenters. The van der Waals surface area contributed by atoms with Gasteiger partial charge in [-0.05, 0) is 51.0 Å². The molecule has 5 heteroatoms. The van der Waals surface area contributed by atoms with Crippen molar-refractivity contribution in [2.75, 3.05) is 6.61 Å². The molecule has 1 saturated heterocycles. The normalized spacial score (nSPS) is 20.8. The van der Waals surface area contributed by atoms with Crippen LogP contribution in [0.4, 0.5) is 0 Å². The van der Waals surface area contributed by atoms with Crippen LogP contribution >= 0.6 is 11.6 Å². The number of carboxylic acids is 1. The van der Waals surface area contributed by atoms with Crippen molar-refractivity contribution in [3.8, 4) is 5.75 Å². The van der Waals surface area contributed by atoms with E-state index >= 15 is 0 Å². The van der Waals surface area contributed by atoms with Crippen molar-refractivity contribution in [1.82, 2.24) is 0 Å². The fourth-order valence-corrected chi connectivity index (χ4v) is 2.50. The number of carbonyl (C=O) groups is 1. The van der Waals surface area contributed by atoms with Crippen LogP contribution in [0.25, 0.3) is 6.08 Å². The Kier molecular flexibility index (Phi) is 4.91. The molecular formula is C16H19ClO4. The van der Waals surface area contributed by atoms with Crippen molar-refractivity contribution in [3.05, 3.63) is 34.9 Å². The molecule has 1 aliphatic rings. The summed E-state index contributed by atoms with van der Waals surface area (Å²) < 4.78 is 11.6. The topological polar surface area (TPSA) is 55.8 Å². The van der Waals surface area contributed by atoms with Crippen LogP contribution in [0.3, 0.4) is 0 Å². The summed E-state index contributed by atoms with van der Waals surface area (Å²) in [6.07, 6.45) is 4.57. The van der Waals surface area contributed by atoms with Crippen molar-refractivity contribution in [2.45, 2.75) is 38.4 Å². The van der Waals surface area contributed by atoms with Gasteiger partial charge < -0.3 is 14.6 Å². The van der Waals surface area contributed by atoms with E-state index in [1.54, 1.807) is 18.2 Å². The lowest BCUT2D eigenvalue weighted by molar-refractivity contribution is -0.131. The van der Waals surface area contributed by atoms with Crippen LogP contribution in [0.1, 0.15) is 32.3 Å². The van der Waals surface area contributed by atoms with Gasteiger partial charge in [-0.1, -0.05) is 11.6 Å². The zero-order chi connectivity index (χ0) is 15.5. The highest BCUT2D eigenvalue weighted by molar-refractivity contribution is 6.30. The molecule has 1 aromatic rings. The molecule has 0 radical (unpaired) electrons. The fraction of sp³-hybridized carbons (Fsp3) is 0.438. The molecule has 1 aromatic carbocycles. The van der Waals surface area contributed by atoms with E-state index in [-0.39, 0.29) is 11.7 Å². The van der Waals surface area contributed by atoms with Crippen molar-refractivity contribution in [2.24, 2.45) is 0 Å². The van der Waals surface area contributed by atoms with E-state index in [1.165, 1.54) is 6.08 Å². The third-order valence-corrected chi connectivity index (χ3v) is 3.59. The molecule has 1 aliphatic heterocycles. The van der Waals surface area contributed by atoms with Gasteiger partial charge in [-0.2, -0.15) is 0 Å². The minimum atomic E-state index is -1.01. The molecule has 4 nitrogen and oxygen atoms in total. The lowest BCUT2D eigenvalue weighted by Crippen LogP contribution is -2.24. The number of hydrogen-bond acceptors (Lipinski definition) is 3. The smallest absolute Gasteiger partial charge is 0.328 e. The van der Waals surface area contributed by atoms with Gasteiger partial charge in [-0.15, -0.1) is 0 Å². The average molecular weight is 311 g/mol. The Morgan fingerprint density at radius 1 is 1.57 bits per heavy atom. The van der Waals surface area contributed by atoms with Gasteiger partial charge in [-0.3, -0.25) is 0 Å². The maximum absolute atomic E-state index is 10.6. The van der Waals surface area contributed by atoms with E-state index in [1.807, 2.05) is 0 Å². The van der Waals surface area contributed by atoms with E-state index in [4.69, 9.17) is 26.2 Å². The molecule has 0 saturated carbocycles. The van der Waals surface area contributed by atoms with Gasteiger partial charge in [0, 0.05) is 16.7 Å². The molecule has 0 aromatic heterocycles. The Morgan fingerprint density at radius 3 is 2.95 bits per heavy atom. The predicted molar refractivity (Wildman–Crippen MR) is 81.8 cm³/mol. The second-order valence-corrected chi connectivity index (χ2v) is 6.14. The van der Waals surface area contributed by atoms with Crippen molar-refractivity contribution in [1.29, 1.82) is 0 Å².